The first kappa shape index (κ1) is 12.5. The lowest BCUT2D eigenvalue weighted by molar-refractivity contribution is 0.641. The van der Waals surface area contributed by atoms with Crippen molar-refractivity contribution in [2.24, 2.45) is 0 Å². The summed E-state index contributed by atoms with van der Waals surface area (Å²) in [6.07, 6.45) is 0. The van der Waals surface area contributed by atoms with Crippen LogP contribution in [0.15, 0.2) is 60.7 Å². The maximum atomic E-state index is 2.26. The van der Waals surface area contributed by atoms with Crippen LogP contribution in [0.25, 0.3) is 0 Å². The van der Waals surface area contributed by atoms with E-state index in [1.54, 1.807) is 0 Å². The number of rotatable bonds is 2. The number of hydrogen-bond donors (Lipinski definition) is 0. The van der Waals surface area contributed by atoms with E-state index in [0.29, 0.717) is 0 Å². The molecule has 0 N–H and O–H groups in total. The molecule has 0 atom stereocenters. The predicted octanol–water partition coefficient (Wildman–Crippen LogP) is 4.65. The van der Waals surface area contributed by atoms with Gasteiger partial charge in [0.2, 0.25) is 0 Å². The van der Waals surface area contributed by atoms with Gasteiger partial charge in [-0.25, -0.2) is 0 Å². The van der Waals surface area contributed by atoms with E-state index in [9.17, 15) is 0 Å². The fourth-order valence-corrected chi connectivity index (χ4v) is 1.88. The molecule has 0 heterocycles. The van der Waals surface area contributed by atoms with Gasteiger partial charge in [-0.1, -0.05) is 81.9 Å². The van der Waals surface area contributed by atoms with Crippen molar-refractivity contribution in [3.63, 3.8) is 0 Å². The summed E-state index contributed by atoms with van der Waals surface area (Å²) in [6, 6.07) is 21.3. The summed E-state index contributed by atoms with van der Waals surface area (Å²) < 4.78 is 0. The summed E-state index contributed by atoms with van der Waals surface area (Å²) in [4.78, 5) is 0. The van der Waals surface area contributed by atoms with Gasteiger partial charge in [0.1, 0.15) is 0 Å². The van der Waals surface area contributed by atoms with Crippen molar-refractivity contribution in [3.8, 4) is 0 Å². The minimum Gasteiger partial charge on any atom is -0.0776 e. The lowest BCUT2D eigenvalue weighted by atomic mass is 9.78. The highest BCUT2D eigenvalue weighted by Gasteiger charge is 2.21. The summed E-state index contributed by atoms with van der Waals surface area (Å²) in [5.41, 5.74) is 2.80. The van der Waals surface area contributed by atoms with E-state index in [0.717, 1.165) is 0 Å². The Balaban J connectivity index is 0.00000128. The van der Waals surface area contributed by atoms with Gasteiger partial charge in [-0.15, -0.1) is 0 Å². The molecule has 2 rings (SSSR count). The highest BCUT2D eigenvalue weighted by molar-refractivity contribution is 5.36. The molecule has 0 heteroatoms. The van der Waals surface area contributed by atoms with Crippen LogP contribution in [0.1, 0.15) is 32.4 Å². The van der Waals surface area contributed by atoms with E-state index in [-0.39, 0.29) is 12.8 Å². The van der Waals surface area contributed by atoms with Crippen LogP contribution in [-0.4, -0.2) is 0 Å². The summed E-state index contributed by atoms with van der Waals surface area (Å²) in [5, 5.41) is 0. The van der Waals surface area contributed by atoms with Crippen LogP contribution in [0.4, 0.5) is 0 Å². The van der Waals surface area contributed by atoms with Crippen LogP contribution in [0.3, 0.4) is 0 Å². The lowest BCUT2D eigenvalue weighted by Gasteiger charge is -2.25. The predicted molar refractivity (Wildman–Crippen MR) is 71.7 cm³/mol. The minimum absolute atomic E-state index is 0. The van der Waals surface area contributed by atoms with E-state index in [1.165, 1.54) is 11.1 Å². The van der Waals surface area contributed by atoms with Gasteiger partial charge in [0.25, 0.3) is 0 Å². The second-order valence-corrected chi connectivity index (χ2v) is 4.36. The van der Waals surface area contributed by atoms with Crippen LogP contribution < -0.4 is 0 Å². The Morgan fingerprint density at radius 3 is 1.25 bits per heavy atom. The van der Waals surface area contributed by atoms with Crippen molar-refractivity contribution < 1.29 is 0 Å². The third-order valence-corrected chi connectivity index (χ3v) is 2.99. The van der Waals surface area contributed by atoms with Crippen molar-refractivity contribution in [2.75, 3.05) is 0 Å². The van der Waals surface area contributed by atoms with Crippen LogP contribution in [0.5, 0.6) is 0 Å². The van der Waals surface area contributed by atoms with Gasteiger partial charge in [0.15, 0.2) is 0 Å². The van der Waals surface area contributed by atoms with Gasteiger partial charge < -0.3 is 0 Å². The monoisotopic (exact) mass is 212 g/mol. The van der Waals surface area contributed by atoms with E-state index in [4.69, 9.17) is 0 Å². The van der Waals surface area contributed by atoms with E-state index in [2.05, 4.69) is 74.5 Å². The summed E-state index contributed by atoms with van der Waals surface area (Å²) in [7, 11) is 0. The van der Waals surface area contributed by atoms with Gasteiger partial charge in [-0.3, -0.25) is 0 Å². The fraction of sp³-hybridized carbons (Fsp3) is 0.250. The van der Waals surface area contributed by atoms with Crippen LogP contribution in [0, 0.1) is 0 Å². The summed E-state index contributed by atoms with van der Waals surface area (Å²) >= 11 is 0. The standard InChI is InChI=1S/C15H16.CH4/c1-15(2,13-9-5-3-6-10-13)14-11-7-4-8-12-14;/h3-12H,1-2H3;1H4. The second kappa shape index (κ2) is 4.98. The Morgan fingerprint density at radius 1 is 0.625 bits per heavy atom. The average molecular weight is 212 g/mol. The van der Waals surface area contributed by atoms with E-state index in [1.807, 2.05) is 0 Å². The van der Waals surface area contributed by atoms with Crippen LogP contribution in [-0.2, 0) is 5.41 Å². The molecule has 16 heavy (non-hydrogen) atoms. The smallest absolute Gasteiger partial charge is 0.0146 e. The van der Waals surface area contributed by atoms with Gasteiger partial charge in [-0.05, 0) is 11.1 Å². The second-order valence-electron chi connectivity index (χ2n) is 4.36. The molecule has 0 spiro atoms. The zero-order valence-electron chi connectivity index (χ0n) is 9.27. The van der Waals surface area contributed by atoms with Gasteiger partial charge in [0, 0.05) is 5.41 Å². The van der Waals surface area contributed by atoms with Crippen molar-refractivity contribution in [1.82, 2.24) is 0 Å². The molecule has 0 fully saturated rings. The molecular formula is C16H20. The Bertz CT molecular complexity index is 371. The molecular weight excluding hydrogens is 192 g/mol. The van der Waals surface area contributed by atoms with E-state index >= 15 is 0 Å². The lowest BCUT2D eigenvalue weighted by Crippen LogP contribution is -2.18. The first-order valence-electron chi connectivity index (χ1n) is 5.32. The number of benzene rings is 2. The molecule has 0 amide bonds. The quantitative estimate of drug-likeness (QED) is 0.679. The largest absolute Gasteiger partial charge is 0.0776 e. The molecule has 0 saturated heterocycles. The first-order chi connectivity index (χ1) is 7.21. The molecule has 0 nitrogen and oxygen atoms in total. The van der Waals surface area contributed by atoms with Crippen molar-refractivity contribution in [1.29, 1.82) is 0 Å². The fourth-order valence-electron chi connectivity index (χ4n) is 1.88. The zero-order chi connectivity index (χ0) is 10.7. The van der Waals surface area contributed by atoms with Crippen LogP contribution >= 0.6 is 0 Å². The van der Waals surface area contributed by atoms with E-state index < -0.39 is 0 Å². The molecule has 0 aliphatic heterocycles. The van der Waals surface area contributed by atoms with Gasteiger partial charge in [0.05, 0.1) is 0 Å². The third-order valence-electron chi connectivity index (χ3n) is 2.99. The summed E-state index contributed by atoms with van der Waals surface area (Å²) in [5.74, 6) is 0. The van der Waals surface area contributed by atoms with Crippen LogP contribution in [0.2, 0.25) is 0 Å². The highest BCUT2D eigenvalue weighted by Crippen LogP contribution is 2.30. The number of hydrogen-bond acceptors (Lipinski definition) is 0. The molecule has 84 valence electrons. The molecule has 0 aliphatic rings. The molecule has 2 aromatic rings. The zero-order valence-corrected chi connectivity index (χ0v) is 9.27. The third kappa shape index (κ3) is 2.33. The normalized spacial score (nSPS) is 10.6. The van der Waals surface area contributed by atoms with Gasteiger partial charge >= 0.3 is 0 Å². The first-order valence-corrected chi connectivity index (χ1v) is 5.32. The molecule has 2 aromatic carbocycles. The molecule has 0 radical (unpaired) electrons. The molecule has 0 unspecified atom stereocenters. The Hall–Kier alpha value is -1.56. The van der Waals surface area contributed by atoms with Crippen molar-refractivity contribution in [2.45, 2.75) is 26.7 Å². The Morgan fingerprint density at radius 2 is 0.938 bits per heavy atom. The van der Waals surface area contributed by atoms with Crippen molar-refractivity contribution in [3.05, 3.63) is 71.8 Å². The Labute approximate surface area is 99.0 Å². The average Bonchev–Trinajstić information content (AvgIpc) is 2.31. The molecule has 0 aliphatic carbocycles. The van der Waals surface area contributed by atoms with Gasteiger partial charge in [-0.2, -0.15) is 0 Å². The molecule has 0 saturated carbocycles. The maximum Gasteiger partial charge on any atom is 0.0146 e. The topological polar surface area (TPSA) is 0 Å². The SMILES string of the molecule is C.CC(C)(c1ccccc1)c1ccccc1. The molecule has 0 aromatic heterocycles. The summed E-state index contributed by atoms with van der Waals surface area (Å²) in [6.45, 7) is 4.52. The Kier molecular flexibility index (Phi) is 3.89. The minimum atomic E-state index is 0. The highest BCUT2D eigenvalue weighted by atomic mass is 14.2. The molecule has 0 bridgehead atoms. The van der Waals surface area contributed by atoms with Crippen molar-refractivity contribution >= 4 is 0 Å². The maximum absolute atomic E-state index is 2.26.